The molecule has 1 aromatic rings. The SMILES string of the molecule is COc1ccncc1C(=O)OC(C)(C)C. The first-order valence-electron chi connectivity index (χ1n) is 4.65. The van der Waals surface area contributed by atoms with Crippen molar-refractivity contribution < 1.29 is 14.3 Å². The molecule has 0 radical (unpaired) electrons. The molecule has 1 aromatic heterocycles. The van der Waals surface area contributed by atoms with Crippen molar-refractivity contribution in [2.24, 2.45) is 0 Å². The van der Waals surface area contributed by atoms with Gasteiger partial charge >= 0.3 is 5.97 Å². The minimum absolute atomic E-state index is 0.343. The molecule has 0 unspecified atom stereocenters. The van der Waals surface area contributed by atoms with Crippen LogP contribution in [-0.4, -0.2) is 23.7 Å². The molecule has 0 aromatic carbocycles. The molecule has 4 nitrogen and oxygen atoms in total. The lowest BCUT2D eigenvalue weighted by atomic mass is 10.2. The molecule has 0 aliphatic rings. The Morgan fingerprint density at radius 3 is 2.60 bits per heavy atom. The molecule has 0 aliphatic heterocycles. The van der Waals surface area contributed by atoms with Crippen LogP contribution in [0.15, 0.2) is 18.5 Å². The molecule has 82 valence electrons. The molecule has 15 heavy (non-hydrogen) atoms. The second-order valence-corrected chi connectivity index (χ2v) is 4.08. The Labute approximate surface area is 89.2 Å². The zero-order valence-corrected chi connectivity index (χ0v) is 9.40. The van der Waals surface area contributed by atoms with Crippen molar-refractivity contribution in [3.05, 3.63) is 24.0 Å². The minimum atomic E-state index is -0.516. The van der Waals surface area contributed by atoms with Crippen molar-refractivity contribution in [3.8, 4) is 5.75 Å². The van der Waals surface area contributed by atoms with Crippen LogP contribution in [0.5, 0.6) is 5.75 Å². The van der Waals surface area contributed by atoms with Crippen LogP contribution < -0.4 is 4.74 Å². The molecule has 0 spiro atoms. The first-order valence-corrected chi connectivity index (χ1v) is 4.65. The molecular formula is C11H15NO3. The fraction of sp³-hybridized carbons (Fsp3) is 0.455. The zero-order chi connectivity index (χ0) is 11.5. The fourth-order valence-electron chi connectivity index (χ4n) is 1.05. The maximum absolute atomic E-state index is 11.7. The van der Waals surface area contributed by atoms with Gasteiger partial charge in [0, 0.05) is 12.4 Å². The van der Waals surface area contributed by atoms with Crippen LogP contribution in [0, 0.1) is 0 Å². The van der Waals surface area contributed by atoms with Crippen molar-refractivity contribution in [2.75, 3.05) is 7.11 Å². The van der Waals surface area contributed by atoms with Gasteiger partial charge in [0.25, 0.3) is 0 Å². The molecule has 4 heteroatoms. The topological polar surface area (TPSA) is 48.4 Å². The number of pyridine rings is 1. The summed E-state index contributed by atoms with van der Waals surface area (Å²) in [5.41, 5.74) is -0.173. The lowest BCUT2D eigenvalue weighted by molar-refractivity contribution is 0.00661. The summed E-state index contributed by atoms with van der Waals surface area (Å²) in [5, 5.41) is 0. The Bertz CT molecular complexity index is 355. The maximum Gasteiger partial charge on any atom is 0.344 e. The third kappa shape index (κ3) is 3.23. The molecule has 1 rings (SSSR count). The van der Waals surface area contributed by atoms with E-state index in [4.69, 9.17) is 9.47 Å². The number of carbonyl (C=O) groups is 1. The summed E-state index contributed by atoms with van der Waals surface area (Å²) in [6.07, 6.45) is 3.00. The predicted octanol–water partition coefficient (Wildman–Crippen LogP) is 2.05. The zero-order valence-electron chi connectivity index (χ0n) is 9.40. The number of nitrogens with zero attached hydrogens (tertiary/aromatic N) is 1. The third-order valence-corrected chi connectivity index (χ3v) is 1.62. The van der Waals surface area contributed by atoms with Crippen LogP contribution in [-0.2, 0) is 4.74 Å². The summed E-state index contributed by atoms with van der Waals surface area (Å²) >= 11 is 0. The highest BCUT2D eigenvalue weighted by atomic mass is 16.6. The van der Waals surface area contributed by atoms with Gasteiger partial charge in [0.05, 0.1) is 7.11 Å². The first kappa shape index (κ1) is 11.5. The molecule has 0 aliphatic carbocycles. The summed E-state index contributed by atoms with van der Waals surface area (Å²) in [4.78, 5) is 15.6. The Hall–Kier alpha value is -1.58. The maximum atomic E-state index is 11.7. The number of esters is 1. The van der Waals surface area contributed by atoms with E-state index in [-0.39, 0.29) is 0 Å². The number of carbonyl (C=O) groups excluding carboxylic acids is 1. The average molecular weight is 209 g/mol. The van der Waals surface area contributed by atoms with Crippen molar-refractivity contribution in [2.45, 2.75) is 26.4 Å². The van der Waals surface area contributed by atoms with E-state index in [2.05, 4.69) is 4.98 Å². The molecule has 1 heterocycles. The second-order valence-electron chi connectivity index (χ2n) is 4.08. The van der Waals surface area contributed by atoms with Crippen molar-refractivity contribution in [3.63, 3.8) is 0 Å². The molecule has 0 atom stereocenters. The van der Waals surface area contributed by atoms with Crippen LogP contribution in [0.1, 0.15) is 31.1 Å². The minimum Gasteiger partial charge on any atom is -0.496 e. The first-order chi connectivity index (χ1) is 6.94. The van der Waals surface area contributed by atoms with E-state index < -0.39 is 11.6 Å². The second kappa shape index (κ2) is 4.29. The summed E-state index contributed by atoms with van der Waals surface area (Å²) in [7, 11) is 1.50. The highest BCUT2D eigenvalue weighted by Gasteiger charge is 2.20. The van der Waals surface area contributed by atoms with Gasteiger partial charge in [-0.1, -0.05) is 0 Å². The number of hydrogen-bond acceptors (Lipinski definition) is 4. The smallest absolute Gasteiger partial charge is 0.344 e. The number of hydrogen-bond donors (Lipinski definition) is 0. The quantitative estimate of drug-likeness (QED) is 0.699. The van der Waals surface area contributed by atoms with E-state index in [0.717, 1.165) is 0 Å². The van der Waals surface area contributed by atoms with Gasteiger partial charge < -0.3 is 9.47 Å². The summed E-state index contributed by atoms with van der Waals surface area (Å²) in [5.74, 6) is 0.0479. The summed E-state index contributed by atoms with van der Waals surface area (Å²) < 4.78 is 10.2. The lowest BCUT2D eigenvalue weighted by Crippen LogP contribution is -2.24. The van der Waals surface area contributed by atoms with E-state index in [1.54, 1.807) is 12.3 Å². The van der Waals surface area contributed by atoms with Crippen molar-refractivity contribution >= 4 is 5.97 Å². The normalized spacial score (nSPS) is 10.9. The monoisotopic (exact) mass is 209 g/mol. The van der Waals surface area contributed by atoms with Gasteiger partial charge in [0.2, 0.25) is 0 Å². The highest BCUT2D eigenvalue weighted by molar-refractivity contribution is 5.92. The third-order valence-electron chi connectivity index (χ3n) is 1.62. The van der Waals surface area contributed by atoms with E-state index in [0.29, 0.717) is 11.3 Å². The van der Waals surface area contributed by atoms with Gasteiger partial charge in [-0.15, -0.1) is 0 Å². The number of rotatable bonds is 2. The van der Waals surface area contributed by atoms with Gasteiger partial charge in [-0.2, -0.15) is 0 Å². The van der Waals surface area contributed by atoms with Gasteiger partial charge in [-0.3, -0.25) is 4.98 Å². The number of ether oxygens (including phenoxy) is 2. The largest absolute Gasteiger partial charge is 0.496 e. The van der Waals surface area contributed by atoms with Gasteiger partial charge in [0.15, 0.2) is 0 Å². The van der Waals surface area contributed by atoms with Crippen LogP contribution in [0.4, 0.5) is 0 Å². The van der Waals surface area contributed by atoms with Gasteiger partial charge in [0.1, 0.15) is 16.9 Å². The van der Waals surface area contributed by atoms with E-state index in [1.807, 2.05) is 20.8 Å². The summed E-state index contributed by atoms with van der Waals surface area (Å²) in [6.45, 7) is 5.44. The lowest BCUT2D eigenvalue weighted by Gasteiger charge is -2.19. The van der Waals surface area contributed by atoms with E-state index in [9.17, 15) is 4.79 Å². The Balaban J connectivity index is 2.91. The van der Waals surface area contributed by atoms with Crippen molar-refractivity contribution in [1.29, 1.82) is 0 Å². The predicted molar refractivity (Wildman–Crippen MR) is 56.0 cm³/mol. The van der Waals surface area contributed by atoms with Gasteiger partial charge in [-0.05, 0) is 26.8 Å². The molecule has 0 N–H and O–H groups in total. The Morgan fingerprint density at radius 2 is 2.07 bits per heavy atom. The van der Waals surface area contributed by atoms with Crippen LogP contribution in [0.2, 0.25) is 0 Å². The van der Waals surface area contributed by atoms with E-state index in [1.165, 1.54) is 13.3 Å². The van der Waals surface area contributed by atoms with Crippen LogP contribution in [0.3, 0.4) is 0 Å². The molecule has 0 saturated heterocycles. The number of methoxy groups -OCH3 is 1. The fourth-order valence-corrected chi connectivity index (χ4v) is 1.05. The standard InChI is InChI=1S/C11H15NO3/c1-11(2,3)15-10(13)8-7-12-6-5-9(8)14-4/h5-7H,1-4H3. The summed E-state index contributed by atoms with van der Waals surface area (Å²) in [6, 6.07) is 1.62. The Kier molecular flexibility index (Phi) is 3.29. The van der Waals surface area contributed by atoms with Crippen LogP contribution in [0.25, 0.3) is 0 Å². The molecule has 0 fully saturated rings. The van der Waals surface area contributed by atoms with E-state index >= 15 is 0 Å². The highest BCUT2D eigenvalue weighted by Crippen LogP contribution is 2.19. The Morgan fingerprint density at radius 1 is 1.40 bits per heavy atom. The van der Waals surface area contributed by atoms with Gasteiger partial charge in [-0.25, -0.2) is 4.79 Å². The van der Waals surface area contributed by atoms with Crippen molar-refractivity contribution in [1.82, 2.24) is 4.98 Å². The average Bonchev–Trinajstić information content (AvgIpc) is 2.15. The molecular weight excluding hydrogens is 194 g/mol. The molecule has 0 saturated carbocycles. The molecule has 0 bridgehead atoms. The molecule has 0 amide bonds. The number of aromatic nitrogens is 1. The van der Waals surface area contributed by atoms with Crippen LogP contribution >= 0.6 is 0 Å².